The minimum Gasteiger partial charge on any atom is -0.377 e. The molecule has 2 aromatic rings. The number of hydrogen-bond acceptors (Lipinski definition) is 4. The molecule has 4 rings (SSSR count). The molecular weight excluding hydrogens is 332 g/mol. The number of H-pyrrole nitrogens is 1. The molecule has 1 N–H and O–H groups in total. The smallest absolute Gasteiger partial charge is 0.326 e. The van der Waals surface area contributed by atoms with Crippen molar-refractivity contribution in [2.75, 3.05) is 39.3 Å². The van der Waals surface area contributed by atoms with E-state index in [-0.39, 0.29) is 11.6 Å². The maximum Gasteiger partial charge on any atom is 0.326 e. The highest BCUT2D eigenvalue weighted by Crippen LogP contribution is 2.17. The number of nitrogens with zero attached hydrogens (tertiary/aromatic N) is 3. The van der Waals surface area contributed by atoms with Crippen molar-refractivity contribution in [2.45, 2.75) is 25.4 Å². The highest BCUT2D eigenvalue weighted by atomic mass is 16.5. The summed E-state index contributed by atoms with van der Waals surface area (Å²) in [5, 5.41) is 0. The summed E-state index contributed by atoms with van der Waals surface area (Å²) in [5.41, 5.74) is 1.99. The van der Waals surface area contributed by atoms with Crippen molar-refractivity contribution in [2.24, 2.45) is 7.05 Å². The molecule has 0 bridgehead atoms. The molecule has 0 spiro atoms. The van der Waals surface area contributed by atoms with Crippen molar-refractivity contribution in [3.8, 4) is 0 Å². The van der Waals surface area contributed by atoms with E-state index in [9.17, 15) is 9.59 Å². The van der Waals surface area contributed by atoms with E-state index in [4.69, 9.17) is 4.74 Å². The second kappa shape index (κ2) is 7.25. The molecule has 7 nitrogen and oxygen atoms in total. The van der Waals surface area contributed by atoms with Gasteiger partial charge in [-0.2, -0.15) is 0 Å². The number of carbonyl (C=O) groups excluding carboxylic acids is 1. The highest BCUT2D eigenvalue weighted by Gasteiger charge is 2.24. The first-order valence-electron chi connectivity index (χ1n) is 9.44. The van der Waals surface area contributed by atoms with Crippen LogP contribution in [0.2, 0.25) is 0 Å². The molecule has 7 heteroatoms. The summed E-state index contributed by atoms with van der Waals surface area (Å²) in [6, 6.07) is 5.43. The van der Waals surface area contributed by atoms with Gasteiger partial charge in [0, 0.05) is 45.4 Å². The number of ether oxygens (including phenoxy) is 1. The Balaban J connectivity index is 1.43. The standard InChI is InChI=1S/C19H26N4O3/c1-21-17-6-5-14(12-16(17)20-19(21)25)18(24)23-8-3-7-22(9-10-23)13-15-4-2-11-26-15/h5-6,12,15H,2-4,7-11,13H2,1H3,(H,20,25). The second-order valence-electron chi connectivity index (χ2n) is 7.30. The van der Waals surface area contributed by atoms with E-state index in [1.165, 1.54) is 0 Å². The highest BCUT2D eigenvalue weighted by molar-refractivity contribution is 5.97. The van der Waals surface area contributed by atoms with Crippen LogP contribution < -0.4 is 5.69 Å². The van der Waals surface area contributed by atoms with Gasteiger partial charge in [-0.1, -0.05) is 0 Å². The first-order chi connectivity index (χ1) is 12.6. The molecule has 2 aliphatic heterocycles. The third kappa shape index (κ3) is 3.41. The number of aromatic amines is 1. The average molecular weight is 358 g/mol. The van der Waals surface area contributed by atoms with Gasteiger partial charge >= 0.3 is 5.69 Å². The Morgan fingerprint density at radius 3 is 2.92 bits per heavy atom. The number of aryl methyl sites for hydroxylation is 1. The first-order valence-corrected chi connectivity index (χ1v) is 9.44. The molecule has 1 unspecified atom stereocenters. The summed E-state index contributed by atoms with van der Waals surface area (Å²) in [7, 11) is 1.72. The van der Waals surface area contributed by atoms with Gasteiger partial charge in [0.15, 0.2) is 0 Å². The van der Waals surface area contributed by atoms with E-state index in [0.29, 0.717) is 17.2 Å². The van der Waals surface area contributed by atoms with Crippen LogP contribution in [0.5, 0.6) is 0 Å². The third-order valence-corrected chi connectivity index (χ3v) is 5.51. The van der Waals surface area contributed by atoms with Crippen LogP contribution >= 0.6 is 0 Å². The molecule has 2 fully saturated rings. The van der Waals surface area contributed by atoms with Gasteiger partial charge in [-0.15, -0.1) is 0 Å². The summed E-state index contributed by atoms with van der Waals surface area (Å²) in [4.78, 5) is 31.8. The van der Waals surface area contributed by atoms with Gasteiger partial charge in [0.1, 0.15) is 0 Å². The zero-order chi connectivity index (χ0) is 18.1. The number of aromatic nitrogens is 2. The lowest BCUT2D eigenvalue weighted by Crippen LogP contribution is -2.37. The molecule has 1 aromatic carbocycles. The van der Waals surface area contributed by atoms with Crippen LogP contribution in [0.15, 0.2) is 23.0 Å². The summed E-state index contributed by atoms with van der Waals surface area (Å²) < 4.78 is 7.29. The molecule has 1 atom stereocenters. The van der Waals surface area contributed by atoms with Crippen molar-refractivity contribution in [1.82, 2.24) is 19.4 Å². The van der Waals surface area contributed by atoms with Gasteiger partial charge in [0.25, 0.3) is 5.91 Å². The van der Waals surface area contributed by atoms with E-state index in [2.05, 4.69) is 9.88 Å². The molecule has 0 radical (unpaired) electrons. The Morgan fingerprint density at radius 1 is 1.23 bits per heavy atom. The number of benzene rings is 1. The Labute approximate surface area is 152 Å². The Bertz CT molecular complexity index is 850. The Kier molecular flexibility index (Phi) is 4.82. The second-order valence-corrected chi connectivity index (χ2v) is 7.30. The molecule has 1 aromatic heterocycles. The zero-order valence-electron chi connectivity index (χ0n) is 15.2. The summed E-state index contributed by atoms with van der Waals surface area (Å²) >= 11 is 0. The van der Waals surface area contributed by atoms with Crippen LogP contribution in [-0.2, 0) is 11.8 Å². The van der Waals surface area contributed by atoms with Gasteiger partial charge < -0.3 is 14.6 Å². The van der Waals surface area contributed by atoms with Crippen molar-refractivity contribution >= 4 is 16.9 Å². The van der Waals surface area contributed by atoms with Crippen LogP contribution in [0.3, 0.4) is 0 Å². The molecule has 0 aliphatic carbocycles. The maximum atomic E-state index is 12.9. The van der Waals surface area contributed by atoms with Crippen LogP contribution in [0.25, 0.3) is 11.0 Å². The molecule has 0 saturated carbocycles. The molecular formula is C19H26N4O3. The number of rotatable bonds is 3. The SMILES string of the molecule is Cn1c(=O)[nH]c2cc(C(=O)N3CCCN(CC4CCCO4)CC3)ccc21. The van der Waals surface area contributed by atoms with Gasteiger partial charge in [-0.25, -0.2) is 4.79 Å². The van der Waals surface area contributed by atoms with E-state index in [1.807, 2.05) is 17.0 Å². The fourth-order valence-corrected chi connectivity index (χ4v) is 3.99. The van der Waals surface area contributed by atoms with Crippen molar-refractivity contribution in [1.29, 1.82) is 0 Å². The summed E-state index contributed by atoms with van der Waals surface area (Å²) in [6.45, 7) is 5.25. The van der Waals surface area contributed by atoms with Crippen LogP contribution in [-0.4, -0.2) is 70.7 Å². The molecule has 3 heterocycles. The predicted molar refractivity (Wildman–Crippen MR) is 99.5 cm³/mol. The van der Waals surface area contributed by atoms with E-state index in [1.54, 1.807) is 17.7 Å². The Hall–Kier alpha value is -2.12. The molecule has 1 amide bonds. The normalized spacial score (nSPS) is 22.0. The molecule has 2 aliphatic rings. The lowest BCUT2D eigenvalue weighted by atomic mass is 10.1. The number of carbonyl (C=O) groups is 1. The number of nitrogens with one attached hydrogen (secondary N) is 1. The van der Waals surface area contributed by atoms with Crippen LogP contribution in [0, 0.1) is 0 Å². The van der Waals surface area contributed by atoms with E-state index >= 15 is 0 Å². The fraction of sp³-hybridized carbons (Fsp3) is 0.579. The fourth-order valence-electron chi connectivity index (χ4n) is 3.99. The minimum atomic E-state index is -0.163. The third-order valence-electron chi connectivity index (χ3n) is 5.51. The number of imidazole rings is 1. The van der Waals surface area contributed by atoms with Crippen LogP contribution in [0.1, 0.15) is 29.6 Å². The molecule has 2 saturated heterocycles. The predicted octanol–water partition coefficient (Wildman–Crippen LogP) is 1.19. The molecule has 140 valence electrons. The number of hydrogen-bond donors (Lipinski definition) is 1. The summed E-state index contributed by atoms with van der Waals surface area (Å²) in [5.74, 6) is 0.0376. The maximum absolute atomic E-state index is 12.9. The number of fused-ring (bicyclic) bond motifs is 1. The number of amides is 1. The monoisotopic (exact) mass is 358 g/mol. The zero-order valence-corrected chi connectivity index (χ0v) is 15.2. The first kappa shape index (κ1) is 17.3. The van der Waals surface area contributed by atoms with Crippen LogP contribution in [0.4, 0.5) is 0 Å². The van der Waals surface area contributed by atoms with E-state index < -0.39 is 0 Å². The van der Waals surface area contributed by atoms with Crippen molar-refractivity contribution in [3.63, 3.8) is 0 Å². The van der Waals surface area contributed by atoms with Gasteiger partial charge in [-0.3, -0.25) is 14.3 Å². The minimum absolute atomic E-state index is 0.0376. The molecule has 26 heavy (non-hydrogen) atoms. The summed E-state index contributed by atoms with van der Waals surface area (Å²) in [6.07, 6.45) is 3.64. The lowest BCUT2D eigenvalue weighted by molar-refractivity contribution is 0.0704. The average Bonchev–Trinajstić information content (AvgIpc) is 3.16. The van der Waals surface area contributed by atoms with Crippen molar-refractivity contribution < 1.29 is 9.53 Å². The topological polar surface area (TPSA) is 70.6 Å². The Morgan fingerprint density at radius 2 is 2.12 bits per heavy atom. The van der Waals surface area contributed by atoms with E-state index in [0.717, 1.165) is 64.1 Å². The van der Waals surface area contributed by atoms with Gasteiger partial charge in [0.05, 0.1) is 17.1 Å². The lowest BCUT2D eigenvalue weighted by Gasteiger charge is -2.24. The van der Waals surface area contributed by atoms with Gasteiger partial charge in [-0.05, 0) is 44.0 Å². The van der Waals surface area contributed by atoms with Crippen molar-refractivity contribution in [3.05, 3.63) is 34.2 Å². The van der Waals surface area contributed by atoms with Gasteiger partial charge in [0.2, 0.25) is 0 Å². The largest absolute Gasteiger partial charge is 0.377 e. The quantitative estimate of drug-likeness (QED) is 0.895.